The number of nitriles is 1. The van der Waals surface area contributed by atoms with Gasteiger partial charge in [0, 0.05) is 0 Å². The highest BCUT2D eigenvalue weighted by Gasteiger charge is 2.20. The topological polar surface area (TPSA) is 83.1 Å². The standard InChI is InChI=1S/C14H14N2O3S/c1-10-6-7-14(19-10)11(2)16-20(17,18)13-5-3-4-12(8-13)9-15/h3-8,11,16H,1-2H3/t11-/m1/s1. The van der Waals surface area contributed by atoms with Gasteiger partial charge in [0.25, 0.3) is 0 Å². The van der Waals surface area contributed by atoms with Crippen LogP contribution in [0.1, 0.15) is 30.0 Å². The summed E-state index contributed by atoms with van der Waals surface area (Å²) in [6, 6.07) is 10.8. The van der Waals surface area contributed by atoms with Gasteiger partial charge in [-0.15, -0.1) is 0 Å². The van der Waals surface area contributed by atoms with Crippen LogP contribution < -0.4 is 4.72 Å². The van der Waals surface area contributed by atoms with Crippen LogP contribution in [-0.4, -0.2) is 8.42 Å². The van der Waals surface area contributed by atoms with Crippen molar-refractivity contribution in [2.75, 3.05) is 0 Å². The molecule has 1 atom stereocenters. The summed E-state index contributed by atoms with van der Waals surface area (Å²) in [5.41, 5.74) is 0.300. The van der Waals surface area contributed by atoms with E-state index < -0.39 is 16.1 Å². The van der Waals surface area contributed by atoms with E-state index in [1.807, 2.05) is 6.07 Å². The SMILES string of the molecule is Cc1ccc([C@@H](C)NS(=O)(=O)c2cccc(C#N)c2)o1. The van der Waals surface area contributed by atoms with Gasteiger partial charge in [-0.1, -0.05) is 6.07 Å². The second kappa shape index (κ2) is 5.49. The number of hydrogen-bond donors (Lipinski definition) is 1. The lowest BCUT2D eigenvalue weighted by Crippen LogP contribution is -2.26. The highest BCUT2D eigenvalue weighted by Crippen LogP contribution is 2.19. The van der Waals surface area contributed by atoms with Crippen LogP contribution in [0, 0.1) is 18.3 Å². The van der Waals surface area contributed by atoms with Crippen LogP contribution in [0.5, 0.6) is 0 Å². The first kappa shape index (κ1) is 14.3. The molecule has 1 aromatic carbocycles. The molecule has 1 heterocycles. The summed E-state index contributed by atoms with van der Waals surface area (Å²) in [7, 11) is -3.69. The summed E-state index contributed by atoms with van der Waals surface area (Å²) in [5.74, 6) is 1.26. The molecule has 0 aliphatic heterocycles. The van der Waals surface area contributed by atoms with E-state index in [9.17, 15) is 8.42 Å². The largest absolute Gasteiger partial charge is 0.465 e. The van der Waals surface area contributed by atoms with Crippen LogP contribution in [0.4, 0.5) is 0 Å². The summed E-state index contributed by atoms with van der Waals surface area (Å²) in [4.78, 5) is 0.0617. The molecule has 1 N–H and O–H groups in total. The Morgan fingerprint density at radius 2 is 2.05 bits per heavy atom. The van der Waals surface area contributed by atoms with Gasteiger partial charge in [0.05, 0.1) is 22.6 Å². The number of furan rings is 1. The second-order valence-electron chi connectivity index (χ2n) is 4.43. The monoisotopic (exact) mass is 290 g/mol. The van der Waals surface area contributed by atoms with Crippen LogP contribution >= 0.6 is 0 Å². The molecule has 0 bridgehead atoms. The summed E-state index contributed by atoms with van der Waals surface area (Å²) < 4.78 is 32.4. The van der Waals surface area contributed by atoms with Crippen molar-refractivity contribution in [1.29, 1.82) is 5.26 Å². The van der Waals surface area contributed by atoms with E-state index in [2.05, 4.69) is 4.72 Å². The Morgan fingerprint density at radius 3 is 2.65 bits per heavy atom. The Balaban J connectivity index is 2.25. The van der Waals surface area contributed by atoms with Crippen molar-refractivity contribution < 1.29 is 12.8 Å². The normalized spacial score (nSPS) is 12.8. The molecule has 6 heteroatoms. The van der Waals surface area contributed by atoms with Crippen molar-refractivity contribution in [2.45, 2.75) is 24.8 Å². The number of sulfonamides is 1. The number of rotatable bonds is 4. The zero-order valence-electron chi connectivity index (χ0n) is 11.1. The number of hydrogen-bond acceptors (Lipinski definition) is 4. The molecule has 0 radical (unpaired) electrons. The Morgan fingerprint density at radius 1 is 1.30 bits per heavy atom. The lowest BCUT2D eigenvalue weighted by molar-refractivity contribution is 0.441. The molecule has 1 aromatic heterocycles. The smallest absolute Gasteiger partial charge is 0.241 e. The zero-order valence-corrected chi connectivity index (χ0v) is 11.9. The Bertz CT molecular complexity index is 757. The van der Waals surface area contributed by atoms with Gasteiger partial charge in [-0.05, 0) is 44.2 Å². The van der Waals surface area contributed by atoms with Crippen molar-refractivity contribution in [3.05, 3.63) is 53.5 Å². The van der Waals surface area contributed by atoms with Crippen LogP contribution in [0.2, 0.25) is 0 Å². The van der Waals surface area contributed by atoms with Gasteiger partial charge in [0.2, 0.25) is 10.0 Å². The third kappa shape index (κ3) is 3.07. The number of nitrogens with one attached hydrogen (secondary N) is 1. The van der Waals surface area contributed by atoms with Gasteiger partial charge >= 0.3 is 0 Å². The zero-order chi connectivity index (χ0) is 14.8. The third-order valence-corrected chi connectivity index (χ3v) is 4.33. The number of benzene rings is 1. The molecular weight excluding hydrogens is 276 g/mol. The van der Waals surface area contributed by atoms with Gasteiger partial charge in [-0.3, -0.25) is 0 Å². The van der Waals surface area contributed by atoms with E-state index >= 15 is 0 Å². The van der Waals surface area contributed by atoms with E-state index in [0.29, 0.717) is 11.3 Å². The van der Waals surface area contributed by atoms with E-state index in [4.69, 9.17) is 9.68 Å². The first-order chi connectivity index (χ1) is 9.42. The van der Waals surface area contributed by atoms with Gasteiger partial charge in [0.1, 0.15) is 11.5 Å². The molecule has 0 aliphatic rings. The quantitative estimate of drug-likeness (QED) is 0.937. The van der Waals surface area contributed by atoms with Gasteiger partial charge in [-0.25, -0.2) is 13.1 Å². The van der Waals surface area contributed by atoms with Gasteiger partial charge in [0.15, 0.2) is 0 Å². The Kier molecular flexibility index (Phi) is 3.93. The molecule has 0 aliphatic carbocycles. The third-order valence-electron chi connectivity index (χ3n) is 2.79. The molecule has 0 fully saturated rings. The lowest BCUT2D eigenvalue weighted by Gasteiger charge is -2.12. The summed E-state index contributed by atoms with van der Waals surface area (Å²) in [5, 5.41) is 8.81. The summed E-state index contributed by atoms with van der Waals surface area (Å²) in [6.45, 7) is 3.49. The van der Waals surface area contributed by atoms with Crippen molar-refractivity contribution in [1.82, 2.24) is 4.72 Å². The Hall–Kier alpha value is -2.10. The molecule has 0 unspecified atom stereocenters. The lowest BCUT2D eigenvalue weighted by atomic mass is 10.2. The van der Waals surface area contributed by atoms with Crippen LogP contribution in [0.3, 0.4) is 0 Å². The van der Waals surface area contributed by atoms with E-state index in [0.717, 1.165) is 5.76 Å². The number of aryl methyl sites for hydroxylation is 1. The first-order valence-electron chi connectivity index (χ1n) is 6.01. The van der Waals surface area contributed by atoms with Gasteiger partial charge < -0.3 is 4.42 Å². The number of nitrogens with zero attached hydrogens (tertiary/aromatic N) is 1. The molecule has 2 rings (SSSR count). The first-order valence-corrected chi connectivity index (χ1v) is 7.49. The summed E-state index contributed by atoms with van der Waals surface area (Å²) >= 11 is 0. The predicted molar refractivity (Wildman–Crippen MR) is 73.3 cm³/mol. The minimum Gasteiger partial charge on any atom is -0.465 e. The van der Waals surface area contributed by atoms with Crippen LogP contribution in [-0.2, 0) is 10.0 Å². The fourth-order valence-electron chi connectivity index (χ4n) is 1.78. The highest BCUT2D eigenvalue weighted by atomic mass is 32.2. The molecule has 0 saturated carbocycles. The molecule has 20 heavy (non-hydrogen) atoms. The maximum absolute atomic E-state index is 12.2. The molecule has 0 saturated heterocycles. The minimum atomic E-state index is -3.69. The fourth-order valence-corrected chi connectivity index (χ4v) is 3.04. The second-order valence-corrected chi connectivity index (χ2v) is 6.15. The van der Waals surface area contributed by atoms with Crippen molar-refractivity contribution in [3.8, 4) is 6.07 Å². The maximum atomic E-state index is 12.2. The molecular formula is C14H14N2O3S. The van der Waals surface area contributed by atoms with Crippen LogP contribution in [0.15, 0.2) is 45.7 Å². The predicted octanol–water partition coefficient (Wildman–Crippen LogP) is 2.50. The van der Waals surface area contributed by atoms with E-state index in [1.165, 1.54) is 18.2 Å². The highest BCUT2D eigenvalue weighted by molar-refractivity contribution is 7.89. The van der Waals surface area contributed by atoms with Gasteiger partial charge in [-0.2, -0.15) is 5.26 Å². The van der Waals surface area contributed by atoms with E-state index in [-0.39, 0.29) is 4.90 Å². The molecule has 2 aromatic rings. The molecule has 0 amide bonds. The molecule has 104 valence electrons. The fraction of sp³-hybridized carbons (Fsp3) is 0.214. The van der Waals surface area contributed by atoms with Crippen molar-refractivity contribution in [3.63, 3.8) is 0 Å². The Labute approximate surface area is 117 Å². The van der Waals surface area contributed by atoms with Crippen molar-refractivity contribution in [2.24, 2.45) is 0 Å². The minimum absolute atomic E-state index is 0.0617. The van der Waals surface area contributed by atoms with Crippen LogP contribution in [0.25, 0.3) is 0 Å². The average Bonchev–Trinajstić information content (AvgIpc) is 2.85. The average molecular weight is 290 g/mol. The molecule has 5 nitrogen and oxygen atoms in total. The summed E-state index contributed by atoms with van der Waals surface area (Å²) in [6.07, 6.45) is 0. The maximum Gasteiger partial charge on any atom is 0.241 e. The van der Waals surface area contributed by atoms with E-state index in [1.54, 1.807) is 32.0 Å². The van der Waals surface area contributed by atoms with Crippen molar-refractivity contribution >= 4 is 10.0 Å². The molecule has 0 spiro atoms.